The summed E-state index contributed by atoms with van der Waals surface area (Å²) in [7, 11) is -5.74. The van der Waals surface area contributed by atoms with Crippen LogP contribution in [0.1, 0.15) is 17.5 Å². The quantitative estimate of drug-likeness (QED) is 0.469. The molecule has 9 heteroatoms. The van der Waals surface area contributed by atoms with Gasteiger partial charge >= 0.3 is 15.6 Å². The summed E-state index contributed by atoms with van der Waals surface area (Å²) in [4.78, 5) is 10.7. The van der Waals surface area contributed by atoms with E-state index < -0.39 is 27.3 Å². The van der Waals surface area contributed by atoms with Crippen LogP contribution >= 0.6 is 0 Å². The van der Waals surface area contributed by atoms with E-state index in [1.165, 1.54) is 18.2 Å². The SMILES string of the molecule is C=CCc1cc(CCC(N)=O)ccc1OS(=O)(=O)C(F)(F)F. The minimum Gasteiger partial charge on any atom is -0.376 e. The molecule has 0 fully saturated rings. The van der Waals surface area contributed by atoms with Gasteiger partial charge in [0.2, 0.25) is 5.91 Å². The molecular formula is C13H14F3NO4S. The average molecular weight is 337 g/mol. The molecule has 0 saturated carbocycles. The third kappa shape index (κ3) is 4.76. The van der Waals surface area contributed by atoms with Gasteiger partial charge in [-0.25, -0.2) is 0 Å². The van der Waals surface area contributed by atoms with Crippen molar-refractivity contribution in [3.05, 3.63) is 42.0 Å². The number of nitrogens with two attached hydrogens (primary N) is 1. The van der Waals surface area contributed by atoms with Crippen molar-refractivity contribution < 1.29 is 30.6 Å². The van der Waals surface area contributed by atoms with E-state index in [4.69, 9.17) is 5.73 Å². The Morgan fingerprint density at radius 1 is 1.36 bits per heavy atom. The molecule has 0 aromatic heterocycles. The zero-order chi connectivity index (χ0) is 17.0. The molecule has 1 aromatic carbocycles. The van der Waals surface area contributed by atoms with Crippen molar-refractivity contribution in [2.45, 2.75) is 24.8 Å². The molecule has 122 valence electrons. The second-order valence-corrected chi connectivity index (χ2v) is 5.92. The highest BCUT2D eigenvalue weighted by Gasteiger charge is 2.48. The zero-order valence-corrected chi connectivity index (χ0v) is 12.2. The first-order chi connectivity index (χ1) is 10.1. The number of benzene rings is 1. The minimum absolute atomic E-state index is 0.0641. The van der Waals surface area contributed by atoms with Crippen LogP contribution in [0.15, 0.2) is 30.9 Å². The van der Waals surface area contributed by atoms with E-state index in [-0.39, 0.29) is 24.8 Å². The highest BCUT2D eigenvalue weighted by atomic mass is 32.2. The van der Waals surface area contributed by atoms with Crippen molar-refractivity contribution in [2.75, 3.05) is 0 Å². The number of hydrogen-bond acceptors (Lipinski definition) is 4. The lowest BCUT2D eigenvalue weighted by molar-refractivity contribution is -0.118. The molecule has 0 aliphatic carbocycles. The van der Waals surface area contributed by atoms with Crippen LogP contribution in [0, 0.1) is 0 Å². The molecule has 22 heavy (non-hydrogen) atoms. The summed E-state index contributed by atoms with van der Waals surface area (Å²) in [6.07, 6.45) is 1.84. The van der Waals surface area contributed by atoms with Crippen LogP contribution in [0.2, 0.25) is 0 Å². The Balaban J connectivity index is 3.10. The van der Waals surface area contributed by atoms with Crippen molar-refractivity contribution in [1.82, 2.24) is 0 Å². The molecule has 0 heterocycles. The molecule has 1 aromatic rings. The van der Waals surface area contributed by atoms with E-state index in [2.05, 4.69) is 10.8 Å². The van der Waals surface area contributed by atoms with Gasteiger partial charge in [-0.05, 0) is 30.0 Å². The fourth-order valence-electron chi connectivity index (χ4n) is 1.62. The van der Waals surface area contributed by atoms with E-state index in [0.29, 0.717) is 5.56 Å². The van der Waals surface area contributed by atoms with Crippen LogP contribution in [-0.4, -0.2) is 19.8 Å². The van der Waals surface area contributed by atoms with Crippen molar-refractivity contribution in [3.63, 3.8) is 0 Å². The Morgan fingerprint density at radius 2 is 2.00 bits per heavy atom. The Hall–Kier alpha value is -2.03. The minimum atomic E-state index is -5.74. The maximum atomic E-state index is 12.3. The van der Waals surface area contributed by atoms with Gasteiger partial charge in [0.15, 0.2) is 0 Å². The largest absolute Gasteiger partial charge is 0.534 e. The fourth-order valence-corrected chi connectivity index (χ4v) is 2.11. The smallest absolute Gasteiger partial charge is 0.376 e. The molecule has 0 aliphatic heterocycles. The monoisotopic (exact) mass is 337 g/mol. The summed E-state index contributed by atoms with van der Waals surface area (Å²) < 4.78 is 63.2. The molecule has 2 N–H and O–H groups in total. The lowest BCUT2D eigenvalue weighted by Crippen LogP contribution is -2.28. The summed E-state index contributed by atoms with van der Waals surface area (Å²) in [6.45, 7) is 3.44. The Bertz CT molecular complexity index is 668. The third-order valence-corrected chi connectivity index (χ3v) is 3.60. The molecule has 0 saturated heterocycles. The number of allylic oxidation sites excluding steroid dienone is 1. The lowest BCUT2D eigenvalue weighted by Gasteiger charge is -2.13. The molecule has 1 amide bonds. The Morgan fingerprint density at radius 3 is 2.50 bits per heavy atom. The first kappa shape index (κ1) is 18.0. The molecule has 0 unspecified atom stereocenters. The number of rotatable bonds is 7. The first-order valence-corrected chi connectivity index (χ1v) is 7.49. The zero-order valence-electron chi connectivity index (χ0n) is 11.4. The number of hydrogen-bond donors (Lipinski definition) is 1. The fraction of sp³-hybridized carbons (Fsp3) is 0.308. The van der Waals surface area contributed by atoms with Crippen molar-refractivity contribution in [2.24, 2.45) is 5.73 Å². The van der Waals surface area contributed by atoms with Gasteiger partial charge < -0.3 is 9.92 Å². The van der Waals surface area contributed by atoms with Gasteiger partial charge in [-0.3, -0.25) is 4.79 Å². The molecule has 1 rings (SSSR count). The topological polar surface area (TPSA) is 86.5 Å². The third-order valence-electron chi connectivity index (χ3n) is 2.63. The van der Waals surface area contributed by atoms with Gasteiger partial charge in [0.05, 0.1) is 0 Å². The van der Waals surface area contributed by atoms with Gasteiger partial charge in [0, 0.05) is 6.42 Å². The van der Waals surface area contributed by atoms with E-state index in [9.17, 15) is 26.4 Å². The van der Waals surface area contributed by atoms with Gasteiger partial charge in [-0.2, -0.15) is 21.6 Å². The summed E-state index contributed by atoms with van der Waals surface area (Å²) >= 11 is 0. The number of amides is 1. The number of alkyl halides is 3. The predicted molar refractivity (Wildman–Crippen MR) is 73.5 cm³/mol. The van der Waals surface area contributed by atoms with Crippen molar-refractivity contribution in [3.8, 4) is 5.75 Å². The van der Waals surface area contributed by atoms with E-state index >= 15 is 0 Å². The summed E-state index contributed by atoms with van der Waals surface area (Å²) in [5, 5.41) is 0. The highest BCUT2D eigenvalue weighted by Crippen LogP contribution is 2.30. The van der Waals surface area contributed by atoms with Gasteiger partial charge in [-0.1, -0.05) is 18.2 Å². The molecule has 0 radical (unpaired) electrons. The van der Waals surface area contributed by atoms with Crippen LogP contribution in [0.3, 0.4) is 0 Å². The average Bonchev–Trinajstić information content (AvgIpc) is 2.37. The van der Waals surface area contributed by atoms with Crippen molar-refractivity contribution in [1.29, 1.82) is 0 Å². The standard InChI is InChI=1S/C13H14F3NO4S/c1-2-3-10-8-9(5-7-12(17)18)4-6-11(10)21-22(19,20)13(14,15)16/h2,4,6,8H,1,3,5,7H2,(H2,17,18). The van der Waals surface area contributed by atoms with Crippen LogP contribution in [-0.2, 0) is 27.8 Å². The summed E-state index contributed by atoms with van der Waals surface area (Å²) in [5.41, 5.74) is 0.334. The van der Waals surface area contributed by atoms with Gasteiger partial charge in [0.1, 0.15) is 5.75 Å². The second-order valence-electron chi connectivity index (χ2n) is 4.38. The van der Waals surface area contributed by atoms with Crippen LogP contribution in [0.25, 0.3) is 0 Å². The second kappa shape index (κ2) is 6.82. The molecule has 0 bridgehead atoms. The lowest BCUT2D eigenvalue weighted by atomic mass is 10.0. The highest BCUT2D eigenvalue weighted by molar-refractivity contribution is 7.88. The number of halogens is 3. The molecular weight excluding hydrogens is 323 g/mol. The normalized spacial score (nSPS) is 12.0. The van der Waals surface area contributed by atoms with E-state index in [1.807, 2.05) is 0 Å². The first-order valence-electron chi connectivity index (χ1n) is 6.08. The van der Waals surface area contributed by atoms with Crippen molar-refractivity contribution >= 4 is 16.0 Å². The molecule has 0 atom stereocenters. The predicted octanol–water partition coefficient (Wildman–Crippen LogP) is 2.06. The van der Waals surface area contributed by atoms with E-state index in [0.717, 1.165) is 6.07 Å². The van der Waals surface area contributed by atoms with Gasteiger partial charge in [0.25, 0.3) is 0 Å². The molecule has 5 nitrogen and oxygen atoms in total. The van der Waals surface area contributed by atoms with Crippen LogP contribution in [0.4, 0.5) is 13.2 Å². The molecule has 0 spiro atoms. The maximum Gasteiger partial charge on any atom is 0.534 e. The Labute approximate surface area is 125 Å². The van der Waals surface area contributed by atoms with Crippen LogP contribution in [0.5, 0.6) is 5.75 Å². The maximum absolute atomic E-state index is 12.3. The Kier molecular flexibility index (Phi) is 5.59. The number of carbonyl (C=O) groups is 1. The summed E-state index contributed by atoms with van der Waals surface area (Å²) in [6, 6.07) is 3.93. The molecule has 0 aliphatic rings. The van der Waals surface area contributed by atoms with Gasteiger partial charge in [-0.15, -0.1) is 6.58 Å². The van der Waals surface area contributed by atoms with Crippen LogP contribution < -0.4 is 9.92 Å². The van der Waals surface area contributed by atoms with E-state index in [1.54, 1.807) is 0 Å². The number of carbonyl (C=O) groups excluding carboxylic acids is 1. The number of primary amides is 1. The summed E-state index contributed by atoms with van der Waals surface area (Å²) in [5.74, 6) is -0.953. The number of aryl methyl sites for hydroxylation is 1.